The summed E-state index contributed by atoms with van der Waals surface area (Å²) in [4.78, 5) is 13.0. The molecule has 2 rings (SSSR count). The van der Waals surface area contributed by atoms with Crippen molar-refractivity contribution in [2.24, 2.45) is 0 Å². The number of carbonyl (C=O) groups is 1. The zero-order valence-electron chi connectivity index (χ0n) is 19.1. The van der Waals surface area contributed by atoms with Crippen molar-refractivity contribution in [2.45, 2.75) is 73.0 Å². The predicted octanol–water partition coefficient (Wildman–Crippen LogP) is 5.78. The van der Waals surface area contributed by atoms with Gasteiger partial charge in [0.2, 0.25) is 0 Å². The first-order chi connectivity index (χ1) is 13.7. The molecule has 0 aromatic heterocycles. The second-order valence-electron chi connectivity index (χ2n) is 8.05. The van der Waals surface area contributed by atoms with Crippen LogP contribution in [-0.2, 0) is 4.79 Å². The first-order valence-corrected chi connectivity index (χ1v) is 10.4. The van der Waals surface area contributed by atoms with Crippen LogP contribution in [0.1, 0.15) is 73.9 Å². The molecule has 0 heterocycles. The second kappa shape index (κ2) is 9.82. The number of rotatable bonds is 8. The zero-order chi connectivity index (χ0) is 21.7. The summed E-state index contributed by atoms with van der Waals surface area (Å²) in [6.07, 6.45) is 0.0752. The van der Waals surface area contributed by atoms with Gasteiger partial charge in [-0.1, -0.05) is 32.9 Å². The molecule has 0 bridgehead atoms. The van der Waals surface area contributed by atoms with E-state index >= 15 is 0 Å². The molecular weight excluding hydrogens is 362 g/mol. The van der Waals surface area contributed by atoms with E-state index in [9.17, 15) is 4.79 Å². The molecule has 0 aliphatic heterocycles. The number of benzene rings is 2. The van der Waals surface area contributed by atoms with Gasteiger partial charge >= 0.3 is 0 Å². The molecule has 0 aliphatic carbocycles. The minimum absolute atomic E-state index is 0.0952. The Labute approximate surface area is 175 Å². The molecule has 0 aliphatic rings. The van der Waals surface area contributed by atoms with Gasteiger partial charge in [0.05, 0.1) is 13.2 Å². The average molecular weight is 398 g/mol. The summed E-state index contributed by atoms with van der Waals surface area (Å²) in [7, 11) is 1.70. The number of amides is 1. The van der Waals surface area contributed by atoms with Crippen LogP contribution in [0.3, 0.4) is 0 Å². The van der Waals surface area contributed by atoms with Crippen LogP contribution in [0.4, 0.5) is 0 Å². The summed E-state index contributed by atoms with van der Waals surface area (Å²) in [5.41, 5.74) is 5.57. The van der Waals surface area contributed by atoms with E-state index in [4.69, 9.17) is 9.47 Å². The molecule has 2 aromatic carbocycles. The van der Waals surface area contributed by atoms with Crippen LogP contribution in [0.5, 0.6) is 11.5 Å². The number of nitrogens with one attached hydrogen (secondary N) is 1. The Kier molecular flexibility index (Phi) is 7.72. The number of ether oxygens (including phenoxy) is 2. The maximum atomic E-state index is 13.0. The lowest BCUT2D eigenvalue weighted by Gasteiger charge is -2.24. The number of hydrogen-bond acceptors (Lipinski definition) is 3. The van der Waals surface area contributed by atoms with Gasteiger partial charge in [-0.15, -0.1) is 0 Å². The lowest BCUT2D eigenvalue weighted by atomic mass is 9.93. The van der Waals surface area contributed by atoms with Crippen LogP contribution in [-0.4, -0.2) is 19.1 Å². The Hall–Kier alpha value is -2.49. The van der Waals surface area contributed by atoms with Gasteiger partial charge in [0, 0.05) is 0 Å². The van der Waals surface area contributed by atoms with Crippen LogP contribution in [0.2, 0.25) is 0 Å². The highest BCUT2D eigenvalue weighted by Crippen LogP contribution is 2.32. The molecule has 0 radical (unpaired) electrons. The fourth-order valence-electron chi connectivity index (χ4n) is 3.52. The molecule has 0 saturated heterocycles. The summed E-state index contributed by atoms with van der Waals surface area (Å²) in [6, 6.07) is 10.0. The third-order valence-corrected chi connectivity index (χ3v) is 5.55. The second-order valence-corrected chi connectivity index (χ2v) is 8.05. The Bertz CT molecular complexity index is 857. The molecule has 1 N–H and O–H groups in total. The van der Waals surface area contributed by atoms with Crippen molar-refractivity contribution in [3.05, 3.63) is 58.1 Å². The Morgan fingerprint density at radius 2 is 1.69 bits per heavy atom. The van der Waals surface area contributed by atoms with Crippen molar-refractivity contribution >= 4 is 5.91 Å². The Balaban J connectivity index is 2.20. The van der Waals surface area contributed by atoms with Crippen molar-refractivity contribution in [2.75, 3.05) is 7.11 Å². The highest BCUT2D eigenvalue weighted by atomic mass is 16.5. The summed E-state index contributed by atoms with van der Waals surface area (Å²) in [5.74, 6) is 1.90. The minimum Gasteiger partial charge on any atom is -0.496 e. The van der Waals surface area contributed by atoms with E-state index in [1.54, 1.807) is 7.11 Å². The molecule has 0 unspecified atom stereocenters. The zero-order valence-corrected chi connectivity index (χ0v) is 19.1. The lowest BCUT2D eigenvalue weighted by molar-refractivity contribution is -0.128. The van der Waals surface area contributed by atoms with Gasteiger partial charge in [0.25, 0.3) is 5.91 Å². The third kappa shape index (κ3) is 5.31. The van der Waals surface area contributed by atoms with E-state index in [2.05, 4.69) is 38.2 Å². The van der Waals surface area contributed by atoms with Crippen molar-refractivity contribution in [1.29, 1.82) is 0 Å². The fraction of sp³-hybridized carbons (Fsp3) is 0.480. The third-order valence-electron chi connectivity index (χ3n) is 5.55. The molecule has 0 spiro atoms. The standard InChI is InChI=1S/C25H35NO3/c1-9-22(29-23-12-10-11-16(4)18(23)6)25(27)26-19(7)21-14-20(15(2)3)24(28-8)13-17(21)5/h10-15,19,22H,9H2,1-8H3,(H,26,27)/t19-,22-/m0/s1. The predicted molar refractivity (Wildman–Crippen MR) is 119 cm³/mol. The average Bonchev–Trinajstić information content (AvgIpc) is 2.68. The molecule has 158 valence electrons. The van der Waals surface area contributed by atoms with E-state index in [1.807, 2.05) is 45.9 Å². The molecule has 4 heteroatoms. The van der Waals surface area contributed by atoms with E-state index in [-0.39, 0.29) is 11.9 Å². The van der Waals surface area contributed by atoms with E-state index in [1.165, 1.54) is 0 Å². The van der Waals surface area contributed by atoms with Crippen LogP contribution >= 0.6 is 0 Å². The molecule has 29 heavy (non-hydrogen) atoms. The van der Waals surface area contributed by atoms with Crippen molar-refractivity contribution in [1.82, 2.24) is 5.32 Å². The molecular formula is C25H35NO3. The van der Waals surface area contributed by atoms with Crippen molar-refractivity contribution < 1.29 is 14.3 Å². The first-order valence-electron chi connectivity index (χ1n) is 10.4. The number of aryl methyl sites for hydroxylation is 2. The topological polar surface area (TPSA) is 47.6 Å². The Morgan fingerprint density at radius 3 is 2.28 bits per heavy atom. The first kappa shape index (κ1) is 22.8. The normalized spacial score (nSPS) is 13.1. The maximum absolute atomic E-state index is 13.0. The smallest absolute Gasteiger partial charge is 0.261 e. The number of carbonyl (C=O) groups excluding carboxylic acids is 1. The van der Waals surface area contributed by atoms with Crippen molar-refractivity contribution in [3.8, 4) is 11.5 Å². The van der Waals surface area contributed by atoms with Gasteiger partial charge < -0.3 is 14.8 Å². The van der Waals surface area contributed by atoms with Crippen molar-refractivity contribution in [3.63, 3.8) is 0 Å². The summed E-state index contributed by atoms with van der Waals surface area (Å²) in [6.45, 7) is 14.4. The quantitative estimate of drug-likeness (QED) is 0.614. The molecule has 4 nitrogen and oxygen atoms in total. The molecule has 0 saturated carbocycles. The highest BCUT2D eigenvalue weighted by Gasteiger charge is 2.23. The Morgan fingerprint density at radius 1 is 1.00 bits per heavy atom. The van der Waals surface area contributed by atoms with Gasteiger partial charge in [-0.25, -0.2) is 0 Å². The van der Waals surface area contributed by atoms with Crippen LogP contribution in [0.15, 0.2) is 30.3 Å². The van der Waals surface area contributed by atoms with Crippen LogP contribution < -0.4 is 14.8 Å². The maximum Gasteiger partial charge on any atom is 0.261 e. The van der Waals surface area contributed by atoms with Gasteiger partial charge in [0.15, 0.2) is 6.10 Å². The largest absolute Gasteiger partial charge is 0.496 e. The van der Waals surface area contributed by atoms with E-state index in [0.717, 1.165) is 39.3 Å². The fourth-order valence-corrected chi connectivity index (χ4v) is 3.52. The van der Waals surface area contributed by atoms with E-state index in [0.29, 0.717) is 12.3 Å². The number of methoxy groups -OCH3 is 1. The van der Waals surface area contributed by atoms with E-state index < -0.39 is 6.10 Å². The minimum atomic E-state index is -0.527. The number of hydrogen-bond donors (Lipinski definition) is 1. The lowest BCUT2D eigenvalue weighted by Crippen LogP contribution is -2.39. The van der Waals surface area contributed by atoms with Crippen LogP contribution in [0.25, 0.3) is 0 Å². The molecule has 2 aromatic rings. The SMILES string of the molecule is CC[C@H](Oc1cccc(C)c1C)C(=O)N[C@@H](C)c1cc(C(C)C)c(OC)cc1C. The molecule has 2 atom stereocenters. The van der Waals surface area contributed by atoms with Gasteiger partial charge in [0.1, 0.15) is 11.5 Å². The molecule has 0 fully saturated rings. The summed E-state index contributed by atoms with van der Waals surface area (Å²) in [5, 5.41) is 3.14. The summed E-state index contributed by atoms with van der Waals surface area (Å²) < 4.78 is 11.6. The van der Waals surface area contributed by atoms with Gasteiger partial charge in [-0.2, -0.15) is 0 Å². The van der Waals surface area contributed by atoms with Crippen LogP contribution in [0, 0.1) is 20.8 Å². The summed E-state index contributed by atoms with van der Waals surface area (Å²) >= 11 is 0. The monoisotopic (exact) mass is 397 g/mol. The highest BCUT2D eigenvalue weighted by molar-refractivity contribution is 5.81. The van der Waals surface area contributed by atoms with Gasteiger partial charge in [-0.3, -0.25) is 4.79 Å². The van der Waals surface area contributed by atoms with Gasteiger partial charge in [-0.05, 0) is 86.1 Å². The molecule has 1 amide bonds.